The summed E-state index contributed by atoms with van der Waals surface area (Å²) in [6.45, 7) is 2.88. The molecule has 30 heavy (non-hydrogen) atoms. The first kappa shape index (κ1) is 24.1. The third-order valence-electron chi connectivity index (χ3n) is 4.97. The molecule has 0 fully saturated rings. The fourth-order valence-electron chi connectivity index (χ4n) is 3.20. The van der Waals surface area contributed by atoms with Gasteiger partial charge in [0.05, 0.1) is 17.2 Å². The molecular formula is C25H33ClO4. The molecule has 4 nitrogen and oxygen atoms in total. The Morgan fingerprint density at radius 3 is 2.07 bits per heavy atom. The number of phenolic OH excluding ortho intramolecular Hbond substituents is 1. The summed E-state index contributed by atoms with van der Waals surface area (Å²) in [5.41, 5.74) is 0.352. The monoisotopic (exact) mass is 432 g/mol. The number of aromatic hydroxyl groups is 1. The van der Waals surface area contributed by atoms with E-state index >= 15 is 0 Å². The molecule has 0 saturated heterocycles. The molecule has 1 N–H and O–H groups in total. The van der Waals surface area contributed by atoms with Gasteiger partial charge in [0.2, 0.25) is 0 Å². The van der Waals surface area contributed by atoms with Gasteiger partial charge >= 0.3 is 5.97 Å². The minimum atomic E-state index is -0.509. The lowest BCUT2D eigenvalue weighted by molar-refractivity contribution is 0.0734. The minimum absolute atomic E-state index is 0.0958. The standard InChI is InChI=1S/C25H33ClO4/c1-2-3-4-5-6-7-8-9-10-11-18-29-24-17-16-22(19-23(24)26)30-25(28)20-12-14-21(27)15-13-20/h12-17,19,27H,2-11,18H2,1H3. The molecule has 0 radical (unpaired) electrons. The summed E-state index contributed by atoms with van der Waals surface area (Å²) >= 11 is 6.26. The zero-order valence-corrected chi connectivity index (χ0v) is 18.6. The third-order valence-corrected chi connectivity index (χ3v) is 5.27. The van der Waals surface area contributed by atoms with E-state index in [9.17, 15) is 9.90 Å². The van der Waals surface area contributed by atoms with Crippen LogP contribution in [0.5, 0.6) is 17.2 Å². The summed E-state index contributed by atoms with van der Waals surface area (Å²) in [6.07, 6.45) is 12.8. The molecular weight excluding hydrogens is 400 g/mol. The number of esters is 1. The molecule has 0 spiro atoms. The first-order valence-corrected chi connectivity index (χ1v) is 11.4. The van der Waals surface area contributed by atoms with E-state index in [2.05, 4.69) is 6.92 Å². The Morgan fingerprint density at radius 1 is 0.867 bits per heavy atom. The molecule has 0 amide bonds. The van der Waals surface area contributed by atoms with Gasteiger partial charge in [0.1, 0.15) is 17.2 Å². The Kier molecular flexibility index (Phi) is 11.2. The molecule has 0 bridgehead atoms. The lowest BCUT2D eigenvalue weighted by Gasteiger charge is -2.10. The third kappa shape index (κ3) is 9.08. The van der Waals surface area contributed by atoms with Gasteiger partial charge in [-0.3, -0.25) is 0 Å². The second-order valence-corrected chi connectivity index (χ2v) is 7.97. The number of carbonyl (C=O) groups excluding carboxylic acids is 1. The van der Waals surface area contributed by atoms with E-state index in [1.807, 2.05) is 0 Å². The van der Waals surface area contributed by atoms with Crippen molar-refractivity contribution in [1.29, 1.82) is 0 Å². The summed E-state index contributed by atoms with van der Waals surface area (Å²) < 4.78 is 11.1. The van der Waals surface area contributed by atoms with Crippen LogP contribution in [0.4, 0.5) is 0 Å². The SMILES string of the molecule is CCCCCCCCCCCCOc1ccc(OC(=O)c2ccc(O)cc2)cc1Cl. The number of phenols is 1. The average Bonchev–Trinajstić information content (AvgIpc) is 2.73. The number of halogens is 1. The summed E-state index contributed by atoms with van der Waals surface area (Å²) in [4.78, 5) is 12.1. The fourth-order valence-corrected chi connectivity index (χ4v) is 3.42. The predicted octanol–water partition coefficient (Wildman–Crippen LogP) is 7.56. The molecule has 0 saturated carbocycles. The van der Waals surface area contributed by atoms with E-state index in [0.29, 0.717) is 28.7 Å². The summed E-state index contributed by atoms with van der Waals surface area (Å²) in [5.74, 6) is 0.532. The first-order valence-electron chi connectivity index (χ1n) is 11.0. The fraction of sp³-hybridized carbons (Fsp3) is 0.480. The molecule has 0 aromatic heterocycles. The molecule has 0 aliphatic carbocycles. The van der Waals surface area contributed by atoms with Crippen LogP contribution in [0.25, 0.3) is 0 Å². The van der Waals surface area contributed by atoms with Crippen LogP contribution in [-0.2, 0) is 0 Å². The highest BCUT2D eigenvalue weighted by Gasteiger charge is 2.11. The van der Waals surface area contributed by atoms with Crippen LogP contribution >= 0.6 is 11.6 Å². The van der Waals surface area contributed by atoms with Gasteiger partial charge in [-0.15, -0.1) is 0 Å². The van der Waals surface area contributed by atoms with Crippen molar-refractivity contribution >= 4 is 17.6 Å². The van der Waals surface area contributed by atoms with Crippen LogP contribution in [0, 0.1) is 0 Å². The molecule has 0 aliphatic heterocycles. The molecule has 5 heteroatoms. The van der Waals surface area contributed by atoms with E-state index in [0.717, 1.165) is 12.8 Å². The second-order valence-electron chi connectivity index (χ2n) is 7.56. The highest BCUT2D eigenvalue weighted by molar-refractivity contribution is 6.32. The van der Waals surface area contributed by atoms with Crippen molar-refractivity contribution in [3.8, 4) is 17.2 Å². The number of unbranched alkanes of at least 4 members (excludes halogenated alkanes) is 9. The number of benzene rings is 2. The van der Waals surface area contributed by atoms with E-state index in [-0.39, 0.29) is 5.75 Å². The van der Waals surface area contributed by atoms with Gasteiger partial charge in [-0.05, 0) is 42.8 Å². The first-order chi connectivity index (χ1) is 14.6. The smallest absolute Gasteiger partial charge is 0.343 e. The Bertz CT molecular complexity index is 758. The molecule has 0 heterocycles. The molecule has 2 aromatic rings. The number of ether oxygens (including phenoxy) is 2. The maximum absolute atomic E-state index is 12.1. The van der Waals surface area contributed by atoms with Crippen molar-refractivity contribution in [3.05, 3.63) is 53.1 Å². The zero-order valence-electron chi connectivity index (χ0n) is 17.9. The van der Waals surface area contributed by atoms with Gasteiger partial charge < -0.3 is 14.6 Å². The summed E-state index contributed by atoms with van der Waals surface area (Å²) in [6, 6.07) is 10.8. The summed E-state index contributed by atoms with van der Waals surface area (Å²) in [7, 11) is 0. The molecule has 0 unspecified atom stereocenters. The maximum Gasteiger partial charge on any atom is 0.343 e. The second kappa shape index (κ2) is 13.9. The van der Waals surface area contributed by atoms with Crippen LogP contribution in [-0.4, -0.2) is 17.7 Å². The van der Waals surface area contributed by atoms with E-state index in [1.54, 1.807) is 18.2 Å². The van der Waals surface area contributed by atoms with Crippen molar-refractivity contribution in [2.24, 2.45) is 0 Å². The van der Waals surface area contributed by atoms with Crippen LogP contribution in [0.3, 0.4) is 0 Å². The van der Waals surface area contributed by atoms with Gasteiger partial charge in [-0.25, -0.2) is 4.79 Å². The van der Waals surface area contributed by atoms with Crippen LogP contribution in [0.15, 0.2) is 42.5 Å². The van der Waals surface area contributed by atoms with Crippen molar-refractivity contribution in [2.75, 3.05) is 6.61 Å². The van der Waals surface area contributed by atoms with Crippen molar-refractivity contribution < 1.29 is 19.4 Å². The van der Waals surface area contributed by atoms with E-state index in [1.165, 1.54) is 75.6 Å². The van der Waals surface area contributed by atoms with Gasteiger partial charge in [-0.1, -0.05) is 76.3 Å². The van der Waals surface area contributed by atoms with E-state index in [4.69, 9.17) is 21.1 Å². The quantitative estimate of drug-likeness (QED) is 0.190. The van der Waals surface area contributed by atoms with Crippen molar-refractivity contribution in [2.45, 2.75) is 71.1 Å². The number of hydrogen-bond donors (Lipinski definition) is 1. The largest absolute Gasteiger partial charge is 0.508 e. The Hall–Kier alpha value is -2.20. The average molecular weight is 433 g/mol. The normalized spacial score (nSPS) is 10.7. The molecule has 2 aromatic carbocycles. The van der Waals surface area contributed by atoms with Gasteiger partial charge in [0.15, 0.2) is 0 Å². The molecule has 164 valence electrons. The minimum Gasteiger partial charge on any atom is -0.508 e. The predicted molar refractivity (Wildman–Crippen MR) is 122 cm³/mol. The number of hydrogen-bond acceptors (Lipinski definition) is 4. The van der Waals surface area contributed by atoms with Crippen molar-refractivity contribution in [1.82, 2.24) is 0 Å². The Morgan fingerprint density at radius 2 is 1.47 bits per heavy atom. The Balaban J connectivity index is 1.63. The lowest BCUT2D eigenvalue weighted by Crippen LogP contribution is -2.08. The molecule has 0 aliphatic rings. The highest BCUT2D eigenvalue weighted by atomic mass is 35.5. The highest BCUT2D eigenvalue weighted by Crippen LogP contribution is 2.29. The maximum atomic E-state index is 12.1. The van der Waals surface area contributed by atoms with Crippen molar-refractivity contribution in [3.63, 3.8) is 0 Å². The topological polar surface area (TPSA) is 55.8 Å². The number of carbonyl (C=O) groups is 1. The van der Waals surface area contributed by atoms with E-state index < -0.39 is 5.97 Å². The molecule has 0 atom stereocenters. The van der Waals surface area contributed by atoms with Gasteiger partial charge in [0, 0.05) is 6.07 Å². The molecule has 2 rings (SSSR count). The van der Waals surface area contributed by atoms with Crippen LogP contribution in [0.1, 0.15) is 81.5 Å². The zero-order chi connectivity index (χ0) is 21.6. The van der Waals surface area contributed by atoms with Gasteiger partial charge in [-0.2, -0.15) is 0 Å². The summed E-state index contributed by atoms with van der Waals surface area (Å²) in [5, 5.41) is 9.71. The van der Waals surface area contributed by atoms with Crippen LogP contribution in [0.2, 0.25) is 5.02 Å². The lowest BCUT2D eigenvalue weighted by atomic mass is 10.1. The van der Waals surface area contributed by atoms with Gasteiger partial charge in [0.25, 0.3) is 0 Å². The Labute approximate surface area is 185 Å². The van der Waals surface area contributed by atoms with Crippen LogP contribution < -0.4 is 9.47 Å². The number of rotatable bonds is 14.